The zero-order valence-corrected chi connectivity index (χ0v) is 14.1. The van der Waals surface area contributed by atoms with Gasteiger partial charge in [-0.05, 0) is 44.5 Å². The second-order valence-corrected chi connectivity index (χ2v) is 6.10. The third-order valence-corrected chi connectivity index (χ3v) is 4.74. The fraction of sp³-hybridized carbons (Fsp3) is 0.588. The molecule has 1 saturated heterocycles. The van der Waals surface area contributed by atoms with Gasteiger partial charge in [-0.3, -0.25) is 4.79 Å². The highest BCUT2D eigenvalue weighted by Gasteiger charge is 2.25. The van der Waals surface area contributed by atoms with Crippen LogP contribution in [0.25, 0.3) is 0 Å². The molecule has 0 saturated carbocycles. The van der Waals surface area contributed by atoms with Crippen molar-refractivity contribution in [3.63, 3.8) is 0 Å². The fourth-order valence-electron chi connectivity index (χ4n) is 3.48. The van der Waals surface area contributed by atoms with Crippen molar-refractivity contribution in [2.45, 2.75) is 31.7 Å². The lowest BCUT2D eigenvalue weighted by atomic mass is 10.1. The largest absolute Gasteiger partial charge is 0.316 e. The molecule has 1 amide bonds. The van der Waals surface area contributed by atoms with Crippen LogP contribution in [0.1, 0.15) is 24.8 Å². The molecule has 0 aromatic heterocycles. The highest BCUT2D eigenvalue weighted by Crippen LogP contribution is 2.27. The number of carbonyl (C=O) groups is 1. The van der Waals surface area contributed by atoms with E-state index < -0.39 is 0 Å². The molecular formula is C17H26ClN3O. The number of anilines is 1. The summed E-state index contributed by atoms with van der Waals surface area (Å²) in [6.07, 6.45) is 4.10. The highest BCUT2D eigenvalue weighted by molar-refractivity contribution is 5.95. The van der Waals surface area contributed by atoms with Crippen LogP contribution in [0.3, 0.4) is 0 Å². The van der Waals surface area contributed by atoms with E-state index in [1.54, 1.807) is 0 Å². The lowest BCUT2D eigenvalue weighted by molar-refractivity contribution is -0.118. The number of carbonyl (C=O) groups excluding carboxylic acids is 1. The standard InChI is InChI=1S/C17H25N3O.ClH/c1-18-15-6-4-10-19(13-15)11-9-17(21)20-12-8-14-5-2-3-7-16(14)20;/h2-3,5,7,15,18H,4,6,8-13H2,1H3;1H. The van der Waals surface area contributed by atoms with Gasteiger partial charge in [0.05, 0.1) is 0 Å². The number of halogens is 1. The number of hydrogen-bond donors (Lipinski definition) is 1. The predicted octanol–water partition coefficient (Wildman–Crippen LogP) is 2.07. The van der Waals surface area contributed by atoms with E-state index in [-0.39, 0.29) is 18.3 Å². The number of fused-ring (bicyclic) bond motifs is 1. The van der Waals surface area contributed by atoms with Crippen molar-refractivity contribution in [1.82, 2.24) is 10.2 Å². The van der Waals surface area contributed by atoms with E-state index in [0.717, 1.165) is 38.3 Å². The fourth-order valence-corrected chi connectivity index (χ4v) is 3.48. The number of benzene rings is 1. The molecule has 1 aromatic carbocycles. The second-order valence-electron chi connectivity index (χ2n) is 6.10. The summed E-state index contributed by atoms with van der Waals surface area (Å²) in [5.41, 5.74) is 2.42. The molecule has 0 spiro atoms. The molecule has 0 bridgehead atoms. The van der Waals surface area contributed by atoms with Gasteiger partial charge in [0.15, 0.2) is 0 Å². The minimum absolute atomic E-state index is 0. The Morgan fingerprint density at radius 2 is 2.14 bits per heavy atom. The van der Waals surface area contributed by atoms with E-state index in [1.165, 1.54) is 18.4 Å². The maximum Gasteiger partial charge on any atom is 0.228 e. The van der Waals surface area contributed by atoms with Crippen LogP contribution in [0.15, 0.2) is 24.3 Å². The van der Waals surface area contributed by atoms with E-state index in [1.807, 2.05) is 18.0 Å². The summed E-state index contributed by atoms with van der Waals surface area (Å²) in [7, 11) is 2.03. The zero-order valence-electron chi connectivity index (χ0n) is 13.3. The Labute approximate surface area is 139 Å². The van der Waals surface area contributed by atoms with Crippen LogP contribution in [0, 0.1) is 0 Å². The van der Waals surface area contributed by atoms with Gasteiger partial charge in [0.25, 0.3) is 0 Å². The van der Waals surface area contributed by atoms with E-state index in [2.05, 4.69) is 28.4 Å². The molecule has 2 aliphatic rings. The second kappa shape index (κ2) is 7.95. The number of nitrogens with one attached hydrogen (secondary N) is 1. The van der Waals surface area contributed by atoms with Gasteiger partial charge in [-0.1, -0.05) is 18.2 Å². The third kappa shape index (κ3) is 3.80. The molecule has 0 aliphatic carbocycles. The first kappa shape index (κ1) is 17.3. The van der Waals surface area contributed by atoms with E-state index >= 15 is 0 Å². The van der Waals surface area contributed by atoms with Crippen LogP contribution < -0.4 is 10.2 Å². The van der Waals surface area contributed by atoms with E-state index in [9.17, 15) is 4.79 Å². The number of para-hydroxylation sites is 1. The molecule has 1 fully saturated rings. The predicted molar refractivity (Wildman–Crippen MR) is 92.9 cm³/mol. The smallest absolute Gasteiger partial charge is 0.228 e. The summed E-state index contributed by atoms with van der Waals surface area (Å²) >= 11 is 0. The summed E-state index contributed by atoms with van der Waals surface area (Å²) in [6, 6.07) is 8.86. The number of amides is 1. The normalized spacial score (nSPS) is 21.3. The molecule has 4 nitrogen and oxygen atoms in total. The van der Waals surface area contributed by atoms with Gasteiger partial charge in [0, 0.05) is 37.8 Å². The van der Waals surface area contributed by atoms with Gasteiger partial charge in [-0.25, -0.2) is 0 Å². The monoisotopic (exact) mass is 323 g/mol. The van der Waals surface area contributed by atoms with Crippen molar-refractivity contribution in [2.24, 2.45) is 0 Å². The summed E-state index contributed by atoms with van der Waals surface area (Å²) < 4.78 is 0. The Balaban J connectivity index is 0.00000176. The lowest BCUT2D eigenvalue weighted by Crippen LogP contribution is -2.45. The van der Waals surface area contributed by atoms with Crippen molar-refractivity contribution < 1.29 is 4.79 Å². The summed E-state index contributed by atoms with van der Waals surface area (Å²) in [6.45, 7) is 3.93. The summed E-state index contributed by atoms with van der Waals surface area (Å²) in [5, 5.41) is 3.35. The SMILES string of the molecule is CNC1CCCN(CCC(=O)N2CCc3ccccc32)C1.Cl. The first-order chi connectivity index (χ1) is 10.3. The molecule has 1 atom stereocenters. The van der Waals surface area contributed by atoms with Gasteiger partial charge >= 0.3 is 0 Å². The van der Waals surface area contributed by atoms with E-state index in [4.69, 9.17) is 0 Å². The van der Waals surface area contributed by atoms with Crippen molar-refractivity contribution in [3.8, 4) is 0 Å². The Kier molecular flexibility index (Phi) is 6.24. The molecule has 5 heteroatoms. The highest BCUT2D eigenvalue weighted by atomic mass is 35.5. The Morgan fingerprint density at radius 1 is 1.32 bits per heavy atom. The quantitative estimate of drug-likeness (QED) is 0.921. The average molecular weight is 324 g/mol. The number of piperidine rings is 1. The summed E-state index contributed by atoms with van der Waals surface area (Å²) in [5.74, 6) is 0.270. The molecule has 2 heterocycles. The molecule has 0 radical (unpaired) electrons. The van der Waals surface area contributed by atoms with Crippen molar-refractivity contribution in [2.75, 3.05) is 38.1 Å². The molecule has 1 aromatic rings. The topological polar surface area (TPSA) is 35.6 Å². The number of hydrogen-bond acceptors (Lipinski definition) is 3. The minimum atomic E-state index is 0. The van der Waals surface area contributed by atoms with E-state index in [0.29, 0.717) is 12.5 Å². The molecule has 2 aliphatic heterocycles. The van der Waals surface area contributed by atoms with Gasteiger partial charge < -0.3 is 15.1 Å². The maximum absolute atomic E-state index is 12.5. The number of rotatable bonds is 4. The van der Waals surface area contributed by atoms with Crippen molar-refractivity contribution >= 4 is 24.0 Å². The van der Waals surface area contributed by atoms with Crippen LogP contribution in [-0.2, 0) is 11.2 Å². The molecule has 1 unspecified atom stereocenters. The molecule has 22 heavy (non-hydrogen) atoms. The molecular weight excluding hydrogens is 298 g/mol. The van der Waals surface area contributed by atoms with Gasteiger partial charge in [-0.15, -0.1) is 12.4 Å². The van der Waals surface area contributed by atoms with Gasteiger partial charge in [0.2, 0.25) is 5.91 Å². The number of likely N-dealkylation sites (tertiary alicyclic amines) is 1. The minimum Gasteiger partial charge on any atom is -0.316 e. The van der Waals surface area contributed by atoms with Crippen LogP contribution in [0.2, 0.25) is 0 Å². The van der Waals surface area contributed by atoms with Gasteiger partial charge in [0.1, 0.15) is 0 Å². The number of likely N-dealkylation sites (N-methyl/N-ethyl adjacent to an activating group) is 1. The Bertz CT molecular complexity index is 508. The average Bonchev–Trinajstić information content (AvgIpc) is 2.97. The first-order valence-electron chi connectivity index (χ1n) is 8.06. The van der Waals surface area contributed by atoms with Crippen LogP contribution in [0.5, 0.6) is 0 Å². The Morgan fingerprint density at radius 3 is 2.95 bits per heavy atom. The zero-order chi connectivity index (χ0) is 14.7. The van der Waals surface area contributed by atoms with Crippen LogP contribution in [0.4, 0.5) is 5.69 Å². The Hall–Kier alpha value is -1.10. The van der Waals surface area contributed by atoms with Crippen LogP contribution >= 0.6 is 12.4 Å². The third-order valence-electron chi connectivity index (χ3n) is 4.74. The van der Waals surface area contributed by atoms with Crippen molar-refractivity contribution in [1.29, 1.82) is 0 Å². The molecule has 1 N–H and O–H groups in total. The molecule has 122 valence electrons. The van der Waals surface area contributed by atoms with Crippen molar-refractivity contribution in [3.05, 3.63) is 29.8 Å². The maximum atomic E-state index is 12.5. The van der Waals surface area contributed by atoms with Gasteiger partial charge in [-0.2, -0.15) is 0 Å². The lowest BCUT2D eigenvalue weighted by Gasteiger charge is -2.32. The van der Waals surface area contributed by atoms with Crippen LogP contribution in [-0.4, -0.2) is 50.1 Å². The first-order valence-corrected chi connectivity index (χ1v) is 8.06. The summed E-state index contributed by atoms with van der Waals surface area (Å²) in [4.78, 5) is 16.9. The molecule has 3 rings (SSSR count). The number of nitrogens with zero attached hydrogens (tertiary/aromatic N) is 2.